The minimum atomic E-state index is -0.851. The molecule has 1 aromatic heterocycles. The minimum Gasteiger partial charge on any atom is -0.486 e. The van der Waals surface area contributed by atoms with Crippen LogP contribution in [0.15, 0.2) is 36.5 Å². The van der Waals surface area contributed by atoms with Crippen molar-refractivity contribution < 1.29 is 19.4 Å². The number of anilines is 1. The van der Waals surface area contributed by atoms with Crippen molar-refractivity contribution in [1.29, 1.82) is 0 Å². The van der Waals surface area contributed by atoms with Gasteiger partial charge in [-0.05, 0) is 62.2 Å². The van der Waals surface area contributed by atoms with E-state index in [1.165, 1.54) is 0 Å². The predicted octanol–water partition coefficient (Wildman–Crippen LogP) is 2.65. The van der Waals surface area contributed by atoms with Gasteiger partial charge in [0.15, 0.2) is 11.5 Å². The summed E-state index contributed by atoms with van der Waals surface area (Å²) in [5.74, 6) is 1.95. The van der Waals surface area contributed by atoms with E-state index in [-0.39, 0.29) is 11.8 Å². The molecule has 0 unspecified atom stereocenters. The Labute approximate surface area is 204 Å². The average Bonchev–Trinajstić information content (AvgIpc) is 3.56. The predicted molar refractivity (Wildman–Crippen MR) is 130 cm³/mol. The number of rotatable bonds is 7. The quantitative estimate of drug-likeness (QED) is 0.622. The Kier molecular flexibility index (Phi) is 7.08. The summed E-state index contributed by atoms with van der Waals surface area (Å²) >= 11 is 5.96. The number of amides is 1. The molecule has 0 aliphatic carbocycles. The number of aliphatic hydroxyl groups excluding tert-OH is 1. The second-order valence-electron chi connectivity index (χ2n) is 9.24. The molecule has 2 N–H and O–H groups in total. The number of hydrogen-bond donors (Lipinski definition) is 2. The summed E-state index contributed by atoms with van der Waals surface area (Å²) in [7, 11) is 0. The number of aromatic nitrogens is 1. The normalized spacial score (nSPS) is 21.9. The van der Waals surface area contributed by atoms with Gasteiger partial charge in [0.2, 0.25) is 5.91 Å². The smallest absolute Gasteiger partial charge is 0.225 e. The van der Waals surface area contributed by atoms with Crippen molar-refractivity contribution in [1.82, 2.24) is 15.2 Å². The molecule has 0 radical (unpaired) electrons. The lowest BCUT2D eigenvalue weighted by Gasteiger charge is -2.30. The van der Waals surface area contributed by atoms with Crippen LogP contribution >= 0.6 is 11.6 Å². The molecule has 0 saturated carbocycles. The van der Waals surface area contributed by atoms with Crippen LogP contribution in [0.2, 0.25) is 5.02 Å². The number of hydrogen-bond acceptors (Lipinski definition) is 7. The first kappa shape index (κ1) is 23.2. The largest absolute Gasteiger partial charge is 0.486 e. The number of carbonyl (C=O) groups excluding carboxylic acids is 1. The molecular weight excluding hydrogens is 456 g/mol. The van der Waals surface area contributed by atoms with E-state index >= 15 is 0 Å². The van der Waals surface area contributed by atoms with Gasteiger partial charge >= 0.3 is 0 Å². The van der Waals surface area contributed by atoms with Crippen LogP contribution < -0.4 is 19.7 Å². The molecule has 3 aliphatic heterocycles. The van der Waals surface area contributed by atoms with Crippen LogP contribution in [0.1, 0.15) is 30.9 Å². The Morgan fingerprint density at radius 2 is 1.94 bits per heavy atom. The standard InChI is InChI=1S/C25H31ClN4O4/c26-19-4-6-23(27-14-19)30-10-7-18(15-30)25(32)28-20(16-29-8-1-2-9-29)24(31)17-3-5-21-22(13-17)34-12-11-33-21/h3-6,13-14,18,20,24,31H,1-2,7-12,15-16H2,(H,28,32)/t18-,20-,24-/m1/s1. The first-order chi connectivity index (χ1) is 16.6. The number of carbonyl (C=O) groups is 1. The molecule has 4 heterocycles. The van der Waals surface area contributed by atoms with Crippen LogP contribution in [0.4, 0.5) is 5.82 Å². The van der Waals surface area contributed by atoms with Gasteiger partial charge in [-0.25, -0.2) is 4.98 Å². The highest BCUT2D eigenvalue weighted by molar-refractivity contribution is 6.30. The van der Waals surface area contributed by atoms with Gasteiger partial charge in [0.1, 0.15) is 25.1 Å². The summed E-state index contributed by atoms with van der Waals surface area (Å²) < 4.78 is 11.3. The van der Waals surface area contributed by atoms with E-state index in [2.05, 4.69) is 20.1 Å². The second-order valence-corrected chi connectivity index (χ2v) is 9.67. The molecule has 5 rings (SSSR count). The van der Waals surface area contributed by atoms with Crippen LogP contribution in [-0.4, -0.2) is 72.9 Å². The number of fused-ring (bicyclic) bond motifs is 1. The summed E-state index contributed by atoms with van der Waals surface area (Å²) in [6.45, 7) is 4.94. The molecule has 2 aromatic rings. The highest BCUT2D eigenvalue weighted by atomic mass is 35.5. The maximum atomic E-state index is 13.3. The van der Waals surface area contributed by atoms with Crippen molar-refractivity contribution in [3.05, 3.63) is 47.1 Å². The van der Waals surface area contributed by atoms with E-state index in [0.717, 1.165) is 44.7 Å². The van der Waals surface area contributed by atoms with Gasteiger partial charge in [-0.1, -0.05) is 17.7 Å². The molecule has 8 nitrogen and oxygen atoms in total. The van der Waals surface area contributed by atoms with Crippen molar-refractivity contribution >= 4 is 23.3 Å². The van der Waals surface area contributed by atoms with Crippen LogP contribution in [0.5, 0.6) is 11.5 Å². The van der Waals surface area contributed by atoms with Crippen molar-refractivity contribution in [3.8, 4) is 11.5 Å². The first-order valence-electron chi connectivity index (χ1n) is 12.0. The Bertz CT molecular complexity index is 999. The van der Waals surface area contributed by atoms with Gasteiger partial charge in [0, 0.05) is 25.8 Å². The van der Waals surface area contributed by atoms with Crippen LogP contribution in [0.3, 0.4) is 0 Å². The number of likely N-dealkylation sites (tertiary alicyclic amines) is 1. The lowest BCUT2D eigenvalue weighted by molar-refractivity contribution is -0.126. The van der Waals surface area contributed by atoms with Crippen molar-refractivity contribution in [3.63, 3.8) is 0 Å². The number of aliphatic hydroxyl groups is 1. The van der Waals surface area contributed by atoms with Crippen LogP contribution in [-0.2, 0) is 4.79 Å². The Morgan fingerprint density at radius 3 is 2.71 bits per heavy atom. The third-order valence-electron chi connectivity index (χ3n) is 6.86. The fraction of sp³-hybridized carbons (Fsp3) is 0.520. The number of ether oxygens (including phenoxy) is 2. The first-order valence-corrected chi connectivity index (χ1v) is 12.4. The molecule has 2 fully saturated rings. The third kappa shape index (κ3) is 5.24. The SMILES string of the molecule is O=C(N[C@H](CN1CCCC1)[C@H](O)c1ccc2c(c1)OCCO2)[C@@H]1CCN(c2ccc(Cl)cn2)C1. The van der Waals surface area contributed by atoms with Gasteiger partial charge in [0.05, 0.1) is 17.0 Å². The van der Waals surface area contributed by atoms with Gasteiger partial charge in [0.25, 0.3) is 0 Å². The topological polar surface area (TPSA) is 87.2 Å². The van der Waals surface area contributed by atoms with Gasteiger partial charge in [-0.3, -0.25) is 4.79 Å². The Morgan fingerprint density at radius 1 is 1.15 bits per heavy atom. The monoisotopic (exact) mass is 486 g/mol. The average molecular weight is 487 g/mol. The second kappa shape index (κ2) is 10.4. The lowest BCUT2D eigenvalue weighted by Crippen LogP contribution is -2.48. The van der Waals surface area contributed by atoms with Crippen molar-refractivity contribution in [2.75, 3.05) is 50.8 Å². The zero-order valence-corrected chi connectivity index (χ0v) is 19.9. The van der Waals surface area contributed by atoms with Gasteiger partial charge < -0.3 is 29.7 Å². The van der Waals surface area contributed by atoms with E-state index in [1.54, 1.807) is 6.20 Å². The molecule has 3 atom stereocenters. The summed E-state index contributed by atoms with van der Waals surface area (Å²) in [6.07, 6.45) is 3.81. The lowest BCUT2D eigenvalue weighted by atomic mass is 9.99. The Hall–Kier alpha value is -2.55. The minimum absolute atomic E-state index is 0.0303. The molecule has 2 saturated heterocycles. The molecule has 1 amide bonds. The summed E-state index contributed by atoms with van der Waals surface area (Å²) in [5.41, 5.74) is 0.715. The van der Waals surface area contributed by atoms with Crippen LogP contribution in [0, 0.1) is 5.92 Å². The number of benzene rings is 1. The highest BCUT2D eigenvalue weighted by Crippen LogP contribution is 2.34. The van der Waals surface area contributed by atoms with E-state index in [1.807, 2.05) is 30.3 Å². The van der Waals surface area contributed by atoms with Crippen molar-refractivity contribution in [2.24, 2.45) is 5.92 Å². The van der Waals surface area contributed by atoms with E-state index in [0.29, 0.717) is 48.4 Å². The molecule has 1 aromatic carbocycles. The number of nitrogens with zero attached hydrogens (tertiary/aromatic N) is 3. The fourth-order valence-electron chi connectivity index (χ4n) is 4.98. The van der Waals surface area contributed by atoms with Gasteiger partial charge in [-0.2, -0.15) is 0 Å². The molecule has 0 bridgehead atoms. The Balaban J connectivity index is 1.28. The summed E-state index contributed by atoms with van der Waals surface area (Å²) in [5, 5.41) is 15.1. The maximum absolute atomic E-state index is 13.3. The molecule has 3 aliphatic rings. The zero-order valence-electron chi connectivity index (χ0n) is 19.2. The van der Waals surface area contributed by atoms with E-state index in [9.17, 15) is 9.90 Å². The maximum Gasteiger partial charge on any atom is 0.225 e. The number of nitrogens with one attached hydrogen (secondary N) is 1. The number of pyridine rings is 1. The highest BCUT2D eigenvalue weighted by Gasteiger charge is 2.33. The molecular formula is C25H31ClN4O4. The fourth-order valence-corrected chi connectivity index (χ4v) is 5.09. The molecule has 34 heavy (non-hydrogen) atoms. The summed E-state index contributed by atoms with van der Waals surface area (Å²) in [6, 6.07) is 8.78. The number of halogens is 1. The summed E-state index contributed by atoms with van der Waals surface area (Å²) in [4.78, 5) is 22.1. The molecule has 182 valence electrons. The molecule has 0 spiro atoms. The molecule has 9 heteroatoms. The van der Waals surface area contributed by atoms with E-state index < -0.39 is 12.1 Å². The van der Waals surface area contributed by atoms with E-state index in [4.69, 9.17) is 21.1 Å². The zero-order chi connectivity index (χ0) is 23.5. The van der Waals surface area contributed by atoms with Gasteiger partial charge in [-0.15, -0.1) is 0 Å². The third-order valence-corrected chi connectivity index (χ3v) is 7.09. The van der Waals surface area contributed by atoms with Crippen LogP contribution in [0.25, 0.3) is 0 Å². The van der Waals surface area contributed by atoms with Crippen molar-refractivity contribution in [2.45, 2.75) is 31.4 Å².